The van der Waals surface area contributed by atoms with Crippen LogP contribution in [0.1, 0.15) is 6.92 Å². The highest BCUT2D eigenvalue weighted by Crippen LogP contribution is 2.23. The lowest BCUT2D eigenvalue weighted by molar-refractivity contribution is -0.0472. The van der Waals surface area contributed by atoms with Gasteiger partial charge in [0.2, 0.25) is 0 Å². The van der Waals surface area contributed by atoms with Gasteiger partial charge < -0.3 is 0 Å². The van der Waals surface area contributed by atoms with Gasteiger partial charge in [0.1, 0.15) is 5.83 Å². The van der Waals surface area contributed by atoms with E-state index in [2.05, 4.69) is 15.9 Å². The molecule has 0 spiro atoms. The van der Waals surface area contributed by atoms with Crippen LogP contribution in [0.5, 0.6) is 0 Å². The van der Waals surface area contributed by atoms with Crippen LogP contribution in [0.25, 0.3) is 0 Å². The second-order valence-electron chi connectivity index (χ2n) is 2.12. The van der Waals surface area contributed by atoms with Gasteiger partial charge in [-0.25, -0.2) is 9.45 Å². The van der Waals surface area contributed by atoms with E-state index in [1.54, 1.807) is 6.92 Å². The summed E-state index contributed by atoms with van der Waals surface area (Å²) in [5, 5.41) is 9.73. The molecule has 0 saturated heterocycles. The maximum Gasteiger partial charge on any atom is 0.161 e. The van der Waals surface area contributed by atoms with Crippen molar-refractivity contribution in [2.45, 2.75) is 11.9 Å². The van der Waals surface area contributed by atoms with E-state index in [4.69, 9.17) is 5.21 Å². The van der Waals surface area contributed by atoms with Gasteiger partial charge in [-0.05, 0) is 18.6 Å². The van der Waals surface area contributed by atoms with Gasteiger partial charge in [-0.1, -0.05) is 15.9 Å². The molecular formula is C6H7BrFNO. The van der Waals surface area contributed by atoms with Crippen molar-refractivity contribution in [3.63, 3.8) is 0 Å². The van der Waals surface area contributed by atoms with E-state index in [9.17, 15) is 4.39 Å². The van der Waals surface area contributed by atoms with Crippen LogP contribution in [0, 0.1) is 0 Å². The summed E-state index contributed by atoms with van der Waals surface area (Å²) in [6, 6.07) is 0. The fraction of sp³-hybridized carbons (Fsp3) is 0.333. The highest BCUT2D eigenvalue weighted by molar-refractivity contribution is 9.09. The summed E-state index contributed by atoms with van der Waals surface area (Å²) in [5.74, 6) is -0.387. The van der Waals surface area contributed by atoms with Gasteiger partial charge in [0.15, 0.2) is 4.95 Å². The molecule has 56 valence electrons. The largest absolute Gasteiger partial charge is 0.287 e. The molecule has 1 aliphatic heterocycles. The van der Waals surface area contributed by atoms with Crippen LogP contribution < -0.4 is 0 Å². The fourth-order valence-electron chi connectivity index (χ4n) is 0.724. The zero-order chi connectivity index (χ0) is 7.72. The Morgan fingerprint density at radius 1 is 1.80 bits per heavy atom. The standard InChI is InChI=1S/C6H7BrFNO/c1-4-2-5(8)6(7)9(10)3-4/h2-3,6,10H,1H3. The SMILES string of the molecule is CC1=CN(O)C(Br)C(F)=C1. The van der Waals surface area contributed by atoms with Crippen molar-refractivity contribution in [3.8, 4) is 0 Å². The van der Waals surface area contributed by atoms with Crippen LogP contribution in [0.15, 0.2) is 23.7 Å². The quantitative estimate of drug-likeness (QED) is 0.487. The van der Waals surface area contributed by atoms with Crippen molar-refractivity contribution in [1.82, 2.24) is 5.06 Å². The van der Waals surface area contributed by atoms with E-state index in [0.29, 0.717) is 5.57 Å². The van der Waals surface area contributed by atoms with E-state index < -0.39 is 4.95 Å². The molecule has 1 aliphatic rings. The maximum absolute atomic E-state index is 12.6. The minimum atomic E-state index is -0.726. The van der Waals surface area contributed by atoms with Gasteiger partial charge in [-0.3, -0.25) is 5.21 Å². The highest BCUT2D eigenvalue weighted by atomic mass is 79.9. The second-order valence-corrected chi connectivity index (χ2v) is 2.99. The minimum absolute atomic E-state index is 0.387. The maximum atomic E-state index is 12.6. The third kappa shape index (κ3) is 1.38. The van der Waals surface area contributed by atoms with Crippen molar-refractivity contribution in [1.29, 1.82) is 0 Å². The van der Waals surface area contributed by atoms with Crippen LogP contribution in [-0.2, 0) is 0 Å². The van der Waals surface area contributed by atoms with Crippen molar-refractivity contribution < 1.29 is 9.60 Å². The first-order valence-corrected chi connectivity index (χ1v) is 3.69. The molecule has 4 heteroatoms. The van der Waals surface area contributed by atoms with Crippen molar-refractivity contribution >= 4 is 15.9 Å². The summed E-state index contributed by atoms with van der Waals surface area (Å²) in [7, 11) is 0. The Morgan fingerprint density at radius 3 is 2.90 bits per heavy atom. The molecule has 1 heterocycles. The molecule has 0 aromatic heterocycles. The van der Waals surface area contributed by atoms with Crippen molar-refractivity contribution in [2.75, 3.05) is 0 Å². The number of hydroxylamine groups is 2. The summed E-state index contributed by atoms with van der Waals surface area (Å²) >= 11 is 2.93. The Morgan fingerprint density at radius 2 is 2.40 bits per heavy atom. The van der Waals surface area contributed by atoms with E-state index in [1.807, 2.05) is 0 Å². The monoisotopic (exact) mass is 207 g/mol. The molecular weight excluding hydrogens is 201 g/mol. The van der Waals surface area contributed by atoms with Gasteiger partial charge in [0, 0.05) is 6.20 Å². The number of hydrogen-bond donors (Lipinski definition) is 1. The minimum Gasteiger partial charge on any atom is -0.287 e. The summed E-state index contributed by atoms with van der Waals surface area (Å²) in [6.07, 6.45) is 2.81. The molecule has 1 unspecified atom stereocenters. The van der Waals surface area contributed by atoms with Gasteiger partial charge in [-0.15, -0.1) is 0 Å². The molecule has 0 fully saturated rings. The van der Waals surface area contributed by atoms with Gasteiger partial charge in [0.25, 0.3) is 0 Å². The fourth-order valence-corrected chi connectivity index (χ4v) is 0.974. The molecule has 10 heavy (non-hydrogen) atoms. The zero-order valence-corrected chi connectivity index (χ0v) is 6.97. The summed E-state index contributed by atoms with van der Waals surface area (Å²) < 4.78 is 12.6. The van der Waals surface area contributed by atoms with E-state index in [1.165, 1.54) is 12.3 Å². The topological polar surface area (TPSA) is 23.5 Å². The average molecular weight is 208 g/mol. The van der Waals surface area contributed by atoms with Crippen LogP contribution in [0.4, 0.5) is 4.39 Å². The number of alkyl halides is 1. The second kappa shape index (κ2) is 2.72. The molecule has 1 rings (SSSR count). The first-order chi connectivity index (χ1) is 4.61. The Kier molecular flexibility index (Phi) is 2.11. The molecule has 1 N–H and O–H groups in total. The first-order valence-electron chi connectivity index (χ1n) is 2.78. The average Bonchev–Trinajstić information content (AvgIpc) is 1.82. The van der Waals surface area contributed by atoms with Crippen LogP contribution in [0.2, 0.25) is 0 Å². The van der Waals surface area contributed by atoms with Gasteiger partial charge in [0.05, 0.1) is 0 Å². The predicted molar refractivity (Wildman–Crippen MR) is 39.3 cm³/mol. The van der Waals surface area contributed by atoms with E-state index >= 15 is 0 Å². The van der Waals surface area contributed by atoms with Crippen molar-refractivity contribution in [2.24, 2.45) is 0 Å². The number of rotatable bonds is 0. The normalized spacial score (nSPS) is 26.0. The molecule has 0 bridgehead atoms. The smallest absolute Gasteiger partial charge is 0.161 e. The Hall–Kier alpha value is -0.350. The number of halogens is 2. The molecule has 0 aromatic carbocycles. The molecule has 0 amide bonds. The number of hydrogen-bond acceptors (Lipinski definition) is 2. The predicted octanol–water partition coefficient (Wildman–Crippen LogP) is 2.17. The first kappa shape index (κ1) is 7.75. The Balaban J connectivity index is 2.85. The molecule has 0 radical (unpaired) electrons. The van der Waals surface area contributed by atoms with E-state index in [-0.39, 0.29) is 5.83 Å². The summed E-state index contributed by atoms with van der Waals surface area (Å²) in [6.45, 7) is 1.71. The molecule has 0 aromatic rings. The van der Waals surface area contributed by atoms with Gasteiger partial charge in [-0.2, -0.15) is 0 Å². The van der Waals surface area contributed by atoms with Crippen LogP contribution >= 0.6 is 15.9 Å². The van der Waals surface area contributed by atoms with Gasteiger partial charge >= 0.3 is 0 Å². The summed E-state index contributed by atoms with van der Waals surface area (Å²) in [5.41, 5.74) is 0.690. The van der Waals surface area contributed by atoms with E-state index in [0.717, 1.165) is 5.06 Å². The zero-order valence-electron chi connectivity index (χ0n) is 5.38. The number of nitrogens with zero attached hydrogens (tertiary/aromatic N) is 1. The van der Waals surface area contributed by atoms with Crippen LogP contribution in [-0.4, -0.2) is 15.2 Å². The molecule has 2 nitrogen and oxygen atoms in total. The molecule has 0 saturated carbocycles. The van der Waals surface area contributed by atoms with Crippen LogP contribution in [0.3, 0.4) is 0 Å². The third-order valence-electron chi connectivity index (χ3n) is 1.16. The molecule has 0 aliphatic carbocycles. The Bertz CT molecular complexity index is 202. The van der Waals surface area contributed by atoms with Crippen molar-refractivity contribution in [3.05, 3.63) is 23.7 Å². The lowest BCUT2D eigenvalue weighted by Gasteiger charge is -2.21. The lowest BCUT2D eigenvalue weighted by Crippen LogP contribution is -2.25. The molecule has 1 atom stereocenters. The number of allylic oxidation sites excluding steroid dienone is 2. The lowest BCUT2D eigenvalue weighted by atomic mass is 10.2. The highest BCUT2D eigenvalue weighted by Gasteiger charge is 2.18. The summed E-state index contributed by atoms with van der Waals surface area (Å²) in [4.78, 5) is -0.726. The third-order valence-corrected chi connectivity index (χ3v) is 2.02. The Labute approximate surface area is 66.7 Å².